The highest BCUT2D eigenvalue weighted by Crippen LogP contribution is 2.19. The van der Waals surface area contributed by atoms with Crippen LogP contribution in [0.1, 0.15) is 19.8 Å². The summed E-state index contributed by atoms with van der Waals surface area (Å²) in [4.78, 5) is 0. The maximum absolute atomic E-state index is 5.12. The number of benzene rings is 1. The molecule has 4 nitrogen and oxygen atoms in total. The van der Waals surface area contributed by atoms with Gasteiger partial charge in [-0.1, -0.05) is 18.6 Å². The van der Waals surface area contributed by atoms with E-state index in [4.69, 9.17) is 4.74 Å². The zero-order chi connectivity index (χ0) is 12.1. The van der Waals surface area contributed by atoms with Crippen molar-refractivity contribution in [2.24, 2.45) is 0 Å². The van der Waals surface area contributed by atoms with Gasteiger partial charge in [-0.05, 0) is 30.7 Å². The number of rotatable bonds is 5. The highest BCUT2D eigenvalue weighted by molar-refractivity contribution is 5.58. The fraction of sp³-hybridized carbons (Fsp3) is 0.385. The van der Waals surface area contributed by atoms with Gasteiger partial charge in [-0.25, -0.2) is 0 Å². The summed E-state index contributed by atoms with van der Waals surface area (Å²) in [5.41, 5.74) is 1.97. The molecule has 0 spiro atoms. The summed E-state index contributed by atoms with van der Waals surface area (Å²) in [5, 5.41) is 8.28. The van der Waals surface area contributed by atoms with Crippen LogP contribution >= 0.6 is 0 Å². The van der Waals surface area contributed by atoms with Gasteiger partial charge >= 0.3 is 0 Å². The minimum atomic E-state index is 0.854. The summed E-state index contributed by atoms with van der Waals surface area (Å²) in [6.45, 7) is 3.10. The lowest BCUT2D eigenvalue weighted by Gasteiger charge is -2.00. The number of ether oxygens (including phenoxy) is 1. The van der Waals surface area contributed by atoms with E-state index in [0.717, 1.165) is 36.4 Å². The van der Waals surface area contributed by atoms with Gasteiger partial charge in [0.2, 0.25) is 0 Å². The van der Waals surface area contributed by atoms with Crippen molar-refractivity contribution in [1.82, 2.24) is 15.0 Å². The van der Waals surface area contributed by atoms with Gasteiger partial charge in [0.25, 0.3) is 0 Å². The zero-order valence-electron chi connectivity index (χ0n) is 10.3. The molecule has 0 bridgehead atoms. The minimum absolute atomic E-state index is 0.854. The van der Waals surface area contributed by atoms with E-state index in [1.807, 2.05) is 35.1 Å². The molecule has 4 heteroatoms. The maximum Gasteiger partial charge on any atom is 0.118 e. The summed E-state index contributed by atoms with van der Waals surface area (Å²) < 4.78 is 7.01. The number of methoxy groups -OCH3 is 1. The van der Waals surface area contributed by atoms with Gasteiger partial charge in [0.1, 0.15) is 11.4 Å². The lowest BCUT2D eigenvalue weighted by Crippen LogP contribution is -1.97. The molecule has 0 aliphatic carbocycles. The van der Waals surface area contributed by atoms with Crippen LogP contribution in [0, 0.1) is 0 Å². The van der Waals surface area contributed by atoms with Gasteiger partial charge in [-0.15, -0.1) is 5.10 Å². The van der Waals surface area contributed by atoms with Crippen molar-refractivity contribution in [3.05, 3.63) is 30.5 Å². The molecular weight excluding hydrogens is 214 g/mol. The summed E-state index contributed by atoms with van der Waals surface area (Å²) in [5.74, 6) is 0.854. The SMILES string of the molecule is CCCCn1cc(-c2ccc(OC)cc2)nn1. The van der Waals surface area contributed by atoms with Crippen LogP contribution in [-0.2, 0) is 6.54 Å². The Morgan fingerprint density at radius 2 is 2.00 bits per heavy atom. The third-order valence-electron chi connectivity index (χ3n) is 2.67. The normalized spacial score (nSPS) is 10.5. The van der Waals surface area contributed by atoms with E-state index in [0.29, 0.717) is 0 Å². The molecule has 17 heavy (non-hydrogen) atoms. The lowest BCUT2D eigenvalue weighted by molar-refractivity contribution is 0.415. The van der Waals surface area contributed by atoms with Gasteiger partial charge in [-0.3, -0.25) is 4.68 Å². The van der Waals surface area contributed by atoms with Crippen molar-refractivity contribution in [3.63, 3.8) is 0 Å². The molecule has 90 valence electrons. The molecule has 0 amide bonds. The van der Waals surface area contributed by atoms with Crippen molar-refractivity contribution in [2.75, 3.05) is 7.11 Å². The summed E-state index contributed by atoms with van der Waals surface area (Å²) in [6.07, 6.45) is 4.28. The summed E-state index contributed by atoms with van der Waals surface area (Å²) >= 11 is 0. The van der Waals surface area contributed by atoms with E-state index in [-0.39, 0.29) is 0 Å². The van der Waals surface area contributed by atoms with Crippen LogP contribution in [0.3, 0.4) is 0 Å². The van der Waals surface area contributed by atoms with Crippen molar-refractivity contribution in [1.29, 1.82) is 0 Å². The Labute approximate surface area is 101 Å². The number of unbranched alkanes of at least 4 members (excludes halogenated alkanes) is 1. The van der Waals surface area contributed by atoms with Crippen LogP contribution < -0.4 is 4.74 Å². The molecule has 1 heterocycles. The van der Waals surface area contributed by atoms with E-state index < -0.39 is 0 Å². The molecule has 2 rings (SSSR count). The molecule has 0 N–H and O–H groups in total. The minimum Gasteiger partial charge on any atom is -0.497 e. The predicted molar refractivity (Wildman–Crippen MR) is 66.9 cm³/mol. The molecule has 0 aliphatic heterocycles. The van der Waals surface area contributed by atoms with Crippen LogP contribution in [0.4, 0.5) is 0 Å². The van der Waals surface area contributed by atoms with E-state index in [9.17, 15) is 0 Å². The van der Waals surface area contributed by atoms with Crippen LogP contribution in [-0.4, -0.2) is 22.1 Å². The second kappa shape index (κ2) is 5.48. The van der Waals surface area contributed by atoms with Gasteiger partial charge in [-0.2, -0.15) is 0 Å². The van der Waals surface area contributed by atoms with Crippen molar-refractivity contribution in [3.8, 4) is 17.0 Å². The fourth-order valence-corrected chi connectivity index (χ4v) is 1.62. The average molecular weight is 231 g/mol. The summed E-state index contributed by atoms with van der Waals surface area (Å²) in [7, 11) is 1.66. The Morgan fingerprint density at radius 1 is 1.24 bits per heavy atom. The van der Waals surface area contributed by atoms with Crippen molar-refractivity contribution >= 4 is 0 Å². The topological polar surface area (TPSA) is 39.9 Å². The monoisotopic (exact) mass is 231 g/mol. The standard InChI is InChI=1S/C13H17N3O/c1-3-4-9-16-10-13(14-15-16)11-5-7-12(17-2)8-6-11/h5-8,10H,3-4,9H2,1-2H3. The van der Waals surface area contributed by atoms with Gasteiger partial charge < -0.3 is 4.74 Å². The Balaban J connectivity index is 2.12. The van der Waals surface area contributed by atoms with Crippen molar-refractivity contribution in [2.45, 2.75) is 26.3 Å². The number of aromatic nitrogens is 3. The quantitative estimate of drug-likeness (QED) is 0.794. The first-order chi connectivity index (χ1) is 8.33. The van der Waals surface area contributed by atoms with E-state index in [1.165, 1.54) is 0 Å². The molecule has 0 saturated carbocycles. The number of aryl methyl sites for hydroxylation is 1. The second-order valence-corrected chi connectivity index (χ2v) is 3.95. The van der Waals surface area contributed by atoms with Crippen molar-refractivity contribution < 1.29 is 4.74 Å². The molecule has 1 aromatic heterocycles. The predicted octanol–water partition coefficient (Wildman–Crippen LogP) is 2.75. The zero-order valence-corrected chi connectivity index (χ0v) is 10.3. The van der Waals surface area contributed by atoms with Gasteiger partial charge in [0.15, 0.2) is 0 Å². The Kier molecular flexibility index (Phi) is 3.75. The van der Waals surface area contributed by atoms with Crippen LogP contribution in [0.25, 0.3) is 11.3 Å². The second-order valence-electron chi connectivity index (χ2n) is 3.95. The molecule has 0 radical (unpaired) electrons. The molecule has 0 fully saturated rings. The van der Waals surface area contributed by atoms with Gasteiger partial charge in [0, 0.05) is 12.1 Å². The first kappa shape index (κ1) is 11.6. The Hall–Kier alpha value is -1.84. The first-order valence-corrected chi connectivity index (χ1v) is 5.88. The number of nitrogens with zero attached hydrogens (tertiary/aromatic N) is 3. The van der Waals surface area contributed by atoms with Crippen LogP contribution in [0.5, 0.6) is 5.75 Å². The smallest absolute Gasteiger partial charge is 0.118 e. The average Bonchev–Trinajstić information content (AvgIpc) is 2.85. The number of hydrogen-bond acceptors (Lipinski definition) is 3. The molecule has 0 aliphatic rings. The highest BCUT2D eigenvalue weighted by Gasteiger charge is 2.03. The number of hydrogen-bond donors (Lipinski definition) is 0. The fourth-order valence-electron chi connectivity index (χ4n) is 1.62. The molecule has 2 aromatic rings. The highest BCUT2D eigenvalue weighted by atomic mass is 16.5. The van der Waals surface area contributed by atoms with E-state index >= 15 is 0 Å². The lowest BCUT2D eigenvalue weighted by atomic mass is 10.2. The third kappa shape index (κ3) is 2.84. The van der Waals surface area contributed by atoms with E-state index in [2.05, 4.69) is 17.2 Å². The van der Waals surface area contributed by atoms with Gasteiger partial charge in [0.05, 0.1) is 13.3 Å². The Bertz CT molecular complexity index is 462. The first-order valence-electron chi connectivity index (χ1n) is 5.88. The van der Waals surface area contributed by atoms with Crippen LogP contribution in [0.15, 0.2) is 30.5 Å². The molecule has 0 saturated heterocycles. The summed E-state index contributed by atoms with van der Waals surface area (Å²) in [6, 6.07) is 7.85. The Morgan fingerprint density at radius 3 is 2.65 bits per heavy atom. The maximum atomic E-state index is 5.12. The van der Waals surface area contributed by atoms with E-state index in [1.54, 1.807) is 7.11 Å². The molecule has 1 aromatic carbocycles. The molecule has 0 atom stereocenters. The molecular formula is C13H17N3O. The largest absolute Gasteiger partial charge is 0.497 e. The molecule has 0 unspecified atom stereocenters. The van der Waals surface area contributed by atoms with Crippen LogP contribution in [0.2, 0.25) is 0 Å². The third-order valence-corrected chi connectivity index (χ3v) is 2.67.